The Bertz CT molecular complexity index is 346. The molecule has 1 unspecified atom stereocenters. The largest absolute Gasteiger partial charge is 0.352 e. The molecule has 94 valence electrons. The van der Waals surface area contributed by atoms with Gasteiger partial charge in [-0.15, -0.1) is 0 Å². The summed E-state index contributed by atoms with van der Waals surface area (Å²) in [6.07, 6.45) is 1.78. The van der Waals surface area contributed by atoms with E-state index in [4.69, 9.17) is 5.73 Å². The van der Waals surface area contributed by atoms with Gasteiger partial charge in [-0.1, -0.05) is 38.1 Å². The summed E-state index contributed by atoms with van der Waals surface area (Å²) in [6, 6.07) is 8.33. The monoisotopic (exact) mass is 234 g/mol. The van der Waals surface area contributed by atoms with Crippen molar-refractivity contribution in [2.24, 2.45) is 11.7 Å². The van der Waals surface area contributed by atoms with Gasteiger partial charge in [-0.3, -0.25) is 4.79 Å². The highest BCUT2D eigenvalue weighted by molar-refractivity contribution is 5.78. The second-order valence-corrected chi connectivity index (χ2v) is 4.37. The smallest absolute Gasteiger partial charge is 0.223 e. The van der Waals surface area contributed by atoms with Crippen LogP contribution in [0.4, 0.5) is 0 Å². The predicted molar refractivity (Wildman–Crippen MR) is 70.5 cm³/mol. The van der Waals surface area contributed by atoms with E-state index >= 15 is 0 Å². The third-order valence-electron chi connectivity index (χ3n) is 2.95. The SMILES string of the molecule is CCc1ccc(CNC(=O)C(C)CCN)cc1. The number of carbonyl (C=O) groups excluding carboxylic acids is 1. The zero-order valence-electron chi connectivity index (χ0n) is 10.7. The molecule has 1 rings (SSSR count). The minimum Gasteiger partial charge on any atom is -0.352 e. The predicted octanol–water partition coefficient (Wildman–Crippen LogP) is 1.85. The normalized spacial score (nSPS) is 12.2. The molecule has 1 amide bonds. The van der Waals surface area contributed by atoms with Crippen LogP contribution in [0, 0.1) is 5.92 Å². The molecule has 0 aromatic heterocycles. The Morgan fingerprint density at radius 1 is 1.29 bits per heavy atom. The molecule has 1 atom stereocenters. The van der Waals surface area contributed by atoms with Gasteiger partial charge < -0.3 is 11.1 Å². The number of carbonyl (C=O) groups is 1. The average molecular weight is 234 g/mol. The van der Waals surface area contributed by atoms with E-state index in [-0.39, 0.29) is 11.8 Å². The maximum absolute atomic E-state index is 11.7. The lowest BCUT2D eigenvalue weighted by Gasteiger charge is -2.11. The topological polar surface area (TPSA) is 55.1 Å². The van der Waals surface area contributed by atoms with E-state index in [1.807, 2.05) is 6.92 Å². The molecule has 3 nitrogen and oxygen atoms in total. The van der Waals surface area contributed by atoms with Crippen LogP contribution in [0.25, 0.3) is 0 Å². The van der Waals surface area contributed by atoms with Crippen LogP contribution < -0.4 is 11.1 Å². The number of amides is 1. The van der Waals surface area contributed by atoms with Crippen LogP contribution in [0.3, 0.4) is 0 Å². The van der Waals surface area contributed by atoms with Crippen LogP contribution in [0.5, 0.6) is 0 Å². The number of nitrogens with one attached hydrogen (secondary N) is 1. The van der Waals surface area contributed by atoms with Crippen molar-refractivity contribution in [2.45, 2.75) is 33.2 Å². The number of hydrogen-bond donors (Lipinski definition) is 2. The lowest BCUT2D eigenvalue weighted by molar-refractivity contribution is -0.124. The third kappa shape index (κ3) is 4.57. The van der Waals surface area contributed by atoms with Gasteiger partial charge in [-0.2, -0.15) is 0 Å². The quantitative estimate of drug-likeness (QED) is 0.789. The number of aryl methyl sites for hydroxylation is 1. The summed E-state index contributed by atoms with van der Waals surface area (Å²) >= 11 is 0. The van der Waals surface area contributed by atoms with Crippen molar-refractivity contribution in [1.82, 2.24) is 5.32 Å². The van der Waals surface area contributed by atoms with E-state index in [1.165, 1.54) is 5.56 Å². The molecule has 0 heterocycles. The maximum Gasteiger partial charge on any atom is 0.223 e. The fraction of sp³-hybridized carbons (Fsp3) is 0.500. The summed E-state index contributed by atoms with van der Waals surface area (Å²) in [5, 5.41) is 2.93. The van der Waals surface area contributed by atoms with Gasteiger partial charge in [0.15, 0.2) is 0 Å². The molecular weight excluding hydrogens is 212 g/mol. The van der Waals surface area contributed by atoms with E-state index in [1.54, 1.807) is 0 Å². The molecule has 0 saturated carbocycles. The van der Waals surface area contributed by atoms with Crippen LogP contribution in [0.1, 0.15) is 31.4 Å². The van der Waals surface area contributed by atoms with Crippen LogP contribution in [0.2, 0.25) is 0 Å². The summed E-state index contributed by atoms with van der Waals surface area (Å²) in [5.74, 6) is 0.0740. The second-order valence-electron chi connectivity index (χ2n) is 4.37. The molecule has 0 fully saturated rings. The Labute approximate surface area is 103 Å². The van der Waals surface area contributed by atoms with Crippen molar-refractivity contribution < 1.29 is 4.79 Å². The lowest BCUT2D eigenvalue weighted by Crippen LogP contribution is -2.29. The van der Waals surface area contributed by atoms with Gasteiger partial charge in [0.2, 0.25) is 5.91 Å². The first-order valence-corrected chi connectivity index (χ1v) is 6.23. The van der Waals surface area contributed by atoms with Gasteiger partial charge in [0, 0.05) is 12.5 Å². The molecule has 3 N–H and O–H groups in total. The number of rotatable bonds is 6. The first kappa shape index (κ1) is 13.7. The summed E-state index contributed by atoms with van der Waals surface area (Å²) in [6.45, 7) is 5.19. The minimum atomic E-state index is -0.00471. The van der Waals surface area contributed by atoms with Gasteiger partial charge >= 0.3 is 0 Å². The molecule has 0 aliphatic carbocycles. The van der Waals surface area contributed by atoms with Crippen molar-refractivity contribution in [3.63, 3.8) is 0 Å². The molecule has 0 bridgehead atoms. The van der Waals surface area contributed by atoms with E-state index in [0.717, 1.165) is 18.4 Å². The van der Waals surface area contributed by atoms with Gasteiger partial charge in [0.1, 0.15) is 0 Å². The summed E-state index contributed by atoms with van der Waals surface area (Å²) in [5.41, 5.74) is 7.88. The first-order valence-electron chi connectivity index (χ1n) is 6.23. The van der Waals surface area contributed by atoms with Crippen molar-refractivity contribution in [3.05, 3.63) is 35.4 Å². The van der Waals surface area contributed by atoms with Crippen LogP contribution in [0.15, 0.2) is 24.3 Å². The highest BCUT2D eigenvalue weighted by atomic mass is 16.1. The van der Waals surface area contributed by atoms with E-state index in [9.17, 15) is 4.79 Å². The van der Waals surface area contributed by atoms with Gasteiger partial charge in [0.25, 0.3) is 0 Å². The molecule has 0 radical (unpaired) electrons. The van der Waals surface area contributed by atoms with Crippen molar-refractivity contribution in [1.29, 1.82) is 0 Å². The van der Waals surface area contributed by atoms with Crippen molar-refractivity contribution >= 4 is 5.91 Å². The van der Waals surface area contributed by atoms with Crippen LogP contribution in [-0.4, -0.2) is 12.5 Å². The van der Waals surface area contributed by atoms with Gasteiger partial charge in [-0.05, 0) is 30.5 Å². The van der Waals surface area contributed by atoms with E-state index in [2.05, 4.69) is 36.5 Å². The van der Waals surface area contributed by atoms with Crippen molar-refractivity contribution in [3.8, 4) is 0 Å². The molecule has 17 heavy (non-hydrogen) atoms. The standard InChI is InChI=1S/C14H22N2O/c1-3-12-4-6-13(7-5-12)10-16-14(17)11(2)8-9-15/h4-7,11H,3,8-10,15H2,1-2H3,(H,16,17). The van der Waals surface area contributed by atoms with Gasteiger partial charge in [0.05, 0.1) is 0 Å². The lowest BCUT2D eigenvalue weighted by atomic mass is 10.1. The van der Waals surface area contributed by atoms with Crippen molar-refractivity contribution in [2.75, 3.05) is 6.54 Å². The first-order chi connectivity index (χ1) is 8.17. The average Bonchev–Trinajstić information content (AvgIpc) is 2.36. The zero-order chi connectivity index (χ0) is 12.7. The van der Waals surface area contributed by atoms with Crippen LogP contribution >= 0.6 is 0 Å². The molecular formula is C14H22N2O. The number of benzene rings is 1. The fourth-order valence-electron chi connectivity index (χ4n) is 1.64. The second kappa shape index (κ2) is 7.07. The molecule has 0 saturated heterocycles. The Morgan fingerprint density at radius 2 is 1.88 bits per heavy atom. The van der Waals surface area contributed by atoms with E-state index < -0.39 is 0 Å². The Morgan fingerprint density at radius 3 is 2.41 bits per heavy atom. The molecule has 0 aliphatic heterocycles. The number of nitrogens with two attached hydrogens (primary N) is 1. The Balaban J connectivity index is 2.41. The van der Waals surface area contributed by atoms with Crippen LogP contribution in [-0.2, 0) is 17.8 Å². The zero-order valence-corrected chi connectivity index (χ0v) is 10.7. The summed E-state index contributed by atoms with van der Waals surface area (Å²) in [7, 11) is 0. The highest BCUT2D eigenvalue weighted by Crippen LogP contribution is 2.06. The number of hydrogen-bond acceptors (Lipinski definition) is 2. The highest BCUT2D eigenvalue weighted by Gasteiger charge is 2.10. The Hall–Kier alpha value is -1.35. The Kier molecular flexibility index (Phi) is 5.70. The summed E-state index contributed by atoms with van der Waals surface area (Å²) < 4.78 is 0. The maximum atomic E-state index is 11.7. The molecule has 1 aromatic rings. The minimum absolute atomic E-state index is 0.00471. The third-order valence-corrected chi connectivity index (χ3v) is 2.95. The molecule has 1 aromatic carbocycles. The van der Waals surface area contributed by atoms with E-state index in [0.29, 0.717) is 13.1 Å². The molecule has 3 heteroatoms. The molecule has 0 spiro atoms. The summed E-state index contributed by atoms with van der Waals surface area (Å²) in [4.78, 5) is 11.7. The fourth-order valence-corrected chi connectivity index (χ4v) is 1.64. The molecule has 0 aliphatic rings. The van der Waals surface area contributed by atoms with Gasteiger partial charge in [-0.25, -0.2) is 0 Å².